The van der Waals surface area contributed by atoms with Crippen molar-refractivity contribution in [3.63, 3.8) is 0 Å². The molecule has 78 valence electrons. The van der Waals surface area contributed by atoms with Crippen LogP contribution in [0.25, 0.3) is 10.8 Å². The zero-order valence-corrected chi connectivity index (χ0v) is 9.46. The molecule has 1 aromatic carbocycles. The van der Waals surface area contributed by atoms with Gasteiger partial charge >= 0.3 is 0 Å². The molecule has 0 saturated heterocycles. The topological polar surface area (TPSA) is 62.3 Å². The fourth-order valence-corrected chi connectivity index (χ4v) is 2.06. The number of H-pyrrole nitrogens is 1. The molecule has 0 unspecified atom stereocenters. The summed E-state index contributed by atoms with van der Waals surface area (Å²) >= 11 is 3.26. The van der Waals surface area contributed by atoms with Gasteiger partial charge in [0, 0.05) is 16.1 Å². The number of phenolic OH excluding ortho intramolecular Hbond substituents is 1. The van der Waals surface area contributed by atoms with E-state index in [1.807, 2.05) is 0 Å². The van der Waals surface area contributed by atoms with Crippen LogP contribution in [0.3, 0.4) is 0 Å². The molecule has 1 heterocycles. The number of pyridine rings is 1. The number of fused-ring (bicyclic) bond motifs is 1. The minimum atomic E-state index is -0.252. The lowest BCUT2D eigenvalue weighted by Crippen LogP contribution is -2.05. The van der Waals surface area contributed by atoms with E-state index in [2.05, 4.69) is 20.9 Å². The third kappa shape index (κ3) is 1.48. The first-order chi connectivity index (χ1) is 7.15. The summed E-state index contributed by atoms with van der Waals surface area (Å²) in [4.78, 5) is 14.1. The van der Waals surface area contributed by atoms with Gasteiger partial charge in [-0.15, -0.1) is 0 Å². The van der Waals surface area contributed by atoms with Crippen molar-refractivity contribution in [2.45, 2.75) is 0 Å². The number of aromatic nitrogens is 1. The molecule has 0 aliphatic rings. The molecule has 4 nitrogen and oxygen atoms in total. The summed E-state index contributed by atoms with van der Waals surface area (Å²) in [5, 5.41) is 10.7. The second-order valence-electron chi connectivity index (χ2n) is 3.00. The zero-order valence-electron chi connectivity index (χ0n) is 7.87. The van der Waals surface area contributed by atoms with E-state index in [0.29, 0.717) is 21.0 Å². The highest BCUT2D eigenvalue weighted by Gasteiger charge is 2.12. The zero-order chi connectivity index (χ0) is 11.0. The number of aromatic hydroxyl groups is 1. The quantitative estimate of drug-likeness (QED) is 0.833. The first-order valence-electron chi connectivity index (χ1n) is 4.22. The van der Waals surface area contributed by atoms with Gasteiger partial charge in [-0.25, -0.2) is 0 Å². The molecule has 0 fully saturated rings. The van der Waals surface area contributed by atoms with Crippen molar-refractivity contribution in [1.82, 2.24) is 4.98 Å². The molecule has 2 aromatic rings. The molecular weight excluding hydrogens is 262 g/mol. The van der Waals surface area contributed by atoms with E-state index in [9.17, 15) is 9.90 Å². The Hall–Kier alpha value is -1.49. The van der Waals surface area contributed by atoms with Gasteiger partial charge in [-0.1, -0.05) is 0 Å². The number of methoxy groups -OCH3 is 1. The van der Waals surface area contributed by atoms with Crippen molar-refractivity contribution in [1.29, 1.82) is 0 Å². The molecule has 0 amide bonds. The summed E-state index contributed by atoms with van der Waals surface area (Å²) in [6.07, 6.45) is 1.48. The molecule has 15 heavy (non-hydrogen) atoms. The second kappa shape index (κ2) is 3.58. The van der Waals surface area contributed by atoms with Crippen LogP contribution in [0, 0.1) is 0 Å². The van der Waals surface area contributed by atoms with E-state index in [1.54, 1.807) is 12.1 Å². The van der Waals surface area contributed by atoms with Crippen LogP contribution in [0.5, 0.6) is 11.5 Å². The van der Waals surface area contributed by atoms with Crippen molar-refractivity contribution in [2.75, 3.05) is 7.11 Å². The molecular formula is C10H8BrNO3. The number of ether oxygens (including phenoxy) is 1. The molecule has 0 atom stereocenters. The summed E-state index contributed by atoms with van der Waals surface area (Å²) in [5.41, 5.74) is -0.252. The van der Waals surface area contributed by atoms with Crippen molar-refractivity contribution < 1.29 is 9.84 Å². The van der Waals surface area contributed by atoms with Gasteiger partial charge in [0.15, 0.2) is 11.5 Å². The molecule has 1 aromatic heterocycles. The van der Waals surface area contributed by atoms with Crippen molar-refractivity contribution >= 4 is 26.7 Å². The van der Waals surface area contributed by atoms with Crippen LogP contribution < -0.4 is 10.3 Å². The summed E-state index contributed by atoms with van der Waals surface area (Å²) in [5.74, 6) is 0.307. The smallest absolute Gasteiger partial charge is 0.257 e. The largest absolute Gasteiger partial charge is 0.504 e. The van der Waals surface area contributed by atoms with Gasteiger partial charge < -0.3 is 14.8 Å². The van der Waals surface area contributed by atoms with Crippen molar-refractivity contribution in [3.8, 4) is 11.5 Å². The van der Waals surface area contributed by atoms with Crippen LogP contribution >= 0.6 is 15.9 Å². The van der Waals surface area contributed by atoms with E-state index in [0.717, 1.165) is 0 Å². The predicted octanol–water partition coefficient (Wildman–Crippen LogP) is 2.00. The van der Waals surface area contributed by atoms with Crippen LogP contribution in [0.2, 0.25) is 0 Å². The SMILES string of the molecule is COc1cc(Br)c2c(=O)[nH]ccc2c1O. The summed E-state index contributed by atoms with van der Waals surface area (Å²) in [6, 6.07) is 3.19. The Labute approximate surface area is 93.6 Å². The van der Waals surface area contributed by atoms with E-state index in [4.69, 9.17) is 4.74 Å². The second-order valence-corrected chi connectivity index (χ2v) is 3.86. The van der Waals surface area contributed by atoms with E-state index >= 15 is 0 Å². The maximum atomic E-state index is 11.5. The summed E-state index contributed by atoms with van der Waals surface area (Å²) in [7, 11) is 1.46. The van der Waals surface area contributed by atoms with E-state index in [1.165, 1.54) is 13.3 Å². The highest BCUT2D eigenvalue weighted by molar-refractivity contribution is 9.10. The predicted molar refractivity (Wildman–Crippen MR) is 60.5 cm³/mol. The van der Waals surface area contributed by atoms with Crippen LogP contribution in [-0.2, 0) is 0 Å². The Morgan fingerprint density at radius 2 is 2.27 bits per heavy atom. The van der Waals surface area contributed by atoms with Gasteiger partial charge in [0.1, 0.15) is 0 Å². The number of aromatic amines is 1. The van der Waals surface area contributed by atoms with Gasteiger partial charge in [-0.3, -0.25) is 4.79 Å². The van der Waals surface area contributed by atoms with Gasteiger partial charge in [-0.05, 0) is 28.1 Å². The molecule has 0 aliphatic heterocycles. The Morgan fingerprint density at radius 3 is 2.93 bits per heavy atom. The number of hydrogen-bond donors (Lipinski definition) is 2. The first kappa shape index (κ1) is 10.0. The number of hydrogen-bond acceptors (Lipinski definition) is 3. The summed E-state index contributed by atoms with van der Waals surface area (Å²) < 4.78 is 5.57. The van der Waals surface area contributed by atoms with E-state index in [-0.39, 0.29) is 11.3 Å². The maximum absolute atomic E-state index is 11.5. The minimum Gasteiger partial charge on any atom is -0.504 e. The normalized spacial score (nSPS) is 10.5. The number of nitrogens with one attached hydrogen (secondary N) is 1. The van der Waals surface area contributed by atoms with Crippen molar-refractivity contribution in [2.24, 2.45) is 0 Å². The van der Waals surface area contributed by atoms with Crippen molar-refractivity contribution in [3.05, 3.63) is 33.2 Å². The number of phenols is 1. The van der Waals surface area contributed by atoms with Crippen LogP contribution in [0.1, 0.15) is 0 Å². The van der Waals surface area contributed by atoms with Gasteiger partial charge in [0.2, 0.25) is 0 Å². The Kier molecular flexibility index (Phi) is 2.40. The Bertz CT molecular complexity index is 577. The summed E-state index contributed by atoms with van der Waals surface area (Å²) in [6.45, 7) is 0. The lowest BCUT2D eigenvalue weighted by atomic mass is 10.1. The van der Waals surface area contributed by atoms with Crippen LogP contribution in [0.4, 0.5) is 0 Å². The highest BCUT2D eigenvalue weighted by atomic mass is 79.9. The third-order valence-corrected chi connectivity index (χ3v) is 2.79. The van der Waals surface area contributed by atoms with Gasteiger partial charge in [0.25, 0.3) is 5.56 Å². The first-order valence-corrected chi connectivity index (χ1v) is 5.01. The maximum Gasteiger partial charge on any atom is 0.257 e. The molecule has 0 spiro atoms. The highest BCUT2D eigenvalue weighted by Crippen LogP contribution is 2.37. The number of halogens is 1. The third-order valence-electron chi connectivity index (χ3n) is 2.17. The molecule has 0 bridgehead atoms. The van der Waals surface area contributed by atoms with Crippen LogP contribution in [-0.4, -0.2) is 17.2 Å². The lowest BCUT2D eigenvalue weighted by molar-refractivity contribution is 0.376. The Morgan fingerprint density at radius 1 is 1.53 bits per heavy atom. The molecule has 0 aliphatic carbocycles. The standard InChI is InChI=1S/C10H8BrNO3/c1-15-7-4-6(11)8-5(9(7)13)2-3-12-10(8)14/h2-4,13H,1H3,(H,12,14). The molecule has 0 saturated carbocycles. The molecule has 2 N–H and O–H groups in total. The lowest BCUT2D eigenvalue weighted by Gasteiger charge is -2.07. The number of benzene rings is 1. The average Bonchev–Trinajstić information content (AvgIpc) is 2.23. The Balaban J connectivity index is 3.00. The van der Waals surface area contributed by atoms with E-state index < -0.39 is 0 Å². The average molecular weight is 270 g/mol. The minimum absolute atomic E-state index is 0.0261. The molecule has 2 rings (SSSR count). The number of rotatable bonds is 1. The van der Waals surface area contributed by atoms with Gasteiger partial charge in [-0.2, -0.15) is 0 Å². The molecule has 5 heteroatoms. The van der Waals surface area contributed by atoms with Gasteiger partial charge in [0.05, 0.1) is 12.5 Å². The fourth-order valence-electron chi connectivity index (χ4n) is 1.46. The molecule has 0 radical (unpaired) electrons. The monoisotopic (exact) mass is 269 g/mol. The fraction of sp³-hybridized carbons (Fsp3) is 0.100. The van der Waals surface area contributed by atoms with Crippen LogP contribution in [0.15, 0.2) is 27.6 Å².